The van der Waals surface area contributed by atoms with Gasteiger partial charge in [0, 0.05) is 24.4 Å². The Morgan fingerprint density at radius 1 is 1.43 bits per heavy atom. The zero-order chi connectivity index (χ0) is 15.5. The summed E-state index contributed by atoms with van der Waals surface area (Å²) in [5.74, 6) is 0. The van der Waals surface area contributed by atoms with E-state index in [0.29, 0.717) is 23.7 Å². The molecule has 0 bridgehead atoms. The van der Waals surface area contributed by atoms with Crippen molar-refractivity contribution >= 4 is 27.3 Å². The summed E-state index contributed by atoms with van der Waals surface area (Å²) in [6, 6.07) is 4.95. The first-order valence-corrected chi connectivity index (χ1v) is 8.21. The first kappa shape index (κ1) is 15.8. The van der Waals surface area contributed by atoms with Crippen molar-refractivity contribution in [3.63, 3.8) is 0 Å². The van der Waals surface area contributed by atoms with Crippen molar-refractivity contribution in [3.8, 4) is 0 Å². The molecule has 0 saturated heterocycles. The number of aliphatic hydroxyl groups is 1. The van der Waals surface area contributed by atoms with Crippen LogP contribution in [0.3, 0.4) is 0 Å². The van der Waals surface area contributed by atoms with Crippen LogP contribution in [0.5, 0.6) is 0 Å². The molecule has 2 aromatic rings. The lowest BCUT2D eigenvalue weighted by Crippen LogP contribution is -2.12. The van der Waals surface area contributed by atoms with E-state index in [-0.39, 0.29) is 11.5 Å². The third-order valence-electron chi connectivity index (χ3n) is 2.89. The number of hydrogen-bond acceptors (Lipinski definition) is 4. The highest BCUT2D eigenvalue weighted by molar-refractivity contribution is 7.92. The summed E-state index contributed by atoms with van der Waals surface area (Å²) in [6.07, 6.45) is 3.21. The maximum Gasteiger partial charge on any atom is 0.265 e. The Bertz CT molecular complexity index is 728. The minimum Gasteiger partial charge on any atom is -0.396 e. The molecule has 0 radical (unpaired) electrons. The van der Waals surface area contributed by atoms with E-state index in [1.807, 2.05) is 6.92 Å². The lowest BCUT2D eigenvalue weighted by molar-refractivity contribution is 0.277. The van der Waals surface area contributed by atoms with Crippen LogP contribution in [-0.2, 0) is 16.6 Å². The van der Waals surface area contributed by atoms with Crippen molar-refractivity contribution in [2.75, 3.05) is 11.3 Å². The van der Waals surface area contributed by atoms with Gasteiger partial charge in [-0.15, -0.1) is 0 Å². The molecule has 2 rings (SSSR count). The fourth-order valence-corrected chi connectivity index (χ4v) is 2.89. The van der Waals surface area contributed by atoms with E-state index in [1.54, 1.807) is 18.2 Å². The van der Waals surface area contributed by atoms with Crippen LogP contribution in [0.4, 0.5) is 5.69 Å². The molecular formula is C13H16ClN3O3S. The van der Waals surface area contributed by atoms with Crippen LogP contribution < -0.4 is 4.72 Å². The van der Waals surface area contributed by atoms with Crippen molar-refractivity contribution in [1.29, 1.82) is 0 Å². The Morgan fingerprint density at radius 2 is 2.19 bits per heavy atom. The van der Waals surface area contributed by atoms with Crippen molar-refractivity contribution in [2.45, 2.75) is 24.8 Å². The van der Waals surface area contributed by atoms with E-state index >= 15 is 0 Å². The maximum atomic E-state index is 12.2. The first-order valence-electron chi connectivity index (χ1n) is 6.34. The van der Waals surface area contributed by atoms with E-state index in [9.17, 15) is 8.42 Å². The van der Waals surface area contributed by atoms with Gasteiger partial charge in [0.05, 0.1) is 11.9 Å². The molecule has 0 atom stereocenters. The van der Waals surface area contributed by atoms with E-state index in [0.717, 1.165) is 5.56 Å². The molecule has 0 aliphatic rings. The van der Waals surface area contributed by atoms with Gasteiger partial charge in [0.1, 0.15) is 4.90 Å². The number of rotatable bonds is 6. The molecule has 2 N–H and O–H groups in total. The number of nitrogens with one attached hydrogen (secondary N) is 1. The molecule has 0 aliphatic heterocycles. The molecule has 1 heterocycles. The minimum atomic E-state index is -3.70. The second-order valence-electron chi connectivity index (χ2n) is 4.59. The van der Waals surface area contributed by atoms with Crippen molar-refractivity contribution in [1.82, 2.24) is 9.78 Å². The van der Waals surface area contributed by atoms with Crippen molar-refractivity contribution in [3.05, 3.63) is 41.2 Å². The molecule has 0 aliphatic carbocycles. The topological polar surface area (TPSA) is 84.2 Å². The Balaban J connectivity index is 2.17. The number of aryl methyl sites for hydroxylation is 2. The Hall–Kier alpha value is -1.57. The molecule has 0 spiro atoms. The van der Waals surface area contributed by atoms with Crippen LogP contribution in [0.15, 0.2) is 35.5 Å². The molecule has 1 aromatic heterocycles. The van der Waals surface area contributed by atoms with E-state index in [4.69, 9.17) is 16.7 Å². The van der Waals surface area contributed by atoms with E-state index in [2.05, 4.69) is 9.82 Å². The Labute approximate surface area is 128 Å². The quantitative estimate of drug-likeness (QED) is 0.849. The third-order valence-corrected chi connectivity index (χ3v) is 4.63. The summed E-state index contributed by atoms with van der Waals surface area (Å²) in [4.78, 5) is 0.0668. The fraction of sp³-hybridized carbons (Fsp3) is 0.308. The van der Waals surface area contributed by atoms with Gasteiger partial charge in [-0.1, -0.05) is 17.7 Å². The smallest absolute Gasteiger partial charge is 0.265 e. The molecule has 0 amide bonds. The summed E-state index contributed by atoms with van der Waals surface area (Å²) in [5, 5.41) is 13.2. The summed E-state index contributed by atoms with van der Waals surface area (Å²) >= 11 is 5.98. The largest absolute Gasteiger partial charge is 0.396 e. The van der Waals surface area contributed by atoms with Gasteiger partial charge >= 0.3 is 0 Å². The predicted octanol–water partition coefficient (Wildman–Crippen LogP) is 2.03. The molecule has 6 nitrogen and oxygen atoms in total. The summed E-state index contributed by atoms with van der Waals surface area (Å²) in [5.41, 5.74) is 1.27. The van der Waals surface area contributed by atoms with Gasteiger partial charge in [0.25, 0.3) is 10.0 Å². The lowest BCUT2D eigenvalue weighted by Gasteiger charge is -2.07. The monoisotopic (exact) mass is 329 g/mol. The molecule has 114 valence electrons. The van der Waals surface area contributed by atoms with E-state index < -0.39 is 10.0 Å². The van der Waals surface area contributed by atoms with Crippen molar-refractivity contribution < 1.29 is 13.5 Å². The second-order valence-corrected chi connectivity index (χ2v) is 6.68. The Kier molecular flexibility index (Phi) is 4.87. The van der Waals surface area contributed by atoms with Crippen LogP contribution in [0.1, 0.15) is 12.0 Å². The van der Waals surface area contributed by atoms with Crippen LogP contribution >= 0.6 is 11.6 Å². The van der Waals surface area contributed by atoms with Crippen LogP contribution in [0.2, 0.25) is 5.02 Å². The normalized spacial score (nSPS) is 11.6. The third kappa shape index (κ3) is 3.96. The number of benzene rings is 1. The van der Waals surface area contributed by atoms with E-state index in [1.165, 1.54) is 17.1 Å². The summed E-state index contributed by atoms with van der Waals surface area (Å²) in [6.45, 7) is 2.33. The highest BCUT2D eigenvalue weighted by Gasteiger charge is 2.17. The summed E-state index contributed by atoms with van der Waals surface area (Å²) < 4.78 is 28.4. The highest BCUT2D eigenvalue weighted by atomic mass is 35.5. The molecule has 1 aromatic carbocycles. The standard InChI is InChI=1S/C13H16ClN3O3S/c1-10-3-4-11(7-13(10)14)16-21(19,20)12-8-15-17(9-12)5-2-6-18/h3-4,7-9,16,18H,2,5-6H2,1H3. The van der Waals surface area contributed by atoms with Crippen LogP contribution in [-0.4, -0.2) is 29.9 Å². The zero-order valence-corrected chi connectivity index (χ0v) is 13.0. The van der Waals surface area contributed by atoms with Gasteiger partial charge in [0.2, 0.25) is 0 Å². The number of anilines is 1. The van der Waals surface area contributed by atoms with Gasteiger partial charge in [0.15, 0.2) is 0 Å². The fourth-order valence-electron chi connectivity index (χ4n) is 1.71. The first-order chi connectivity index (χ1) is 9.92. The Morgan fingerprint density at radius 3 is 2.86 bits per heavy atom. The van der Waals surface area contributed by atoms with Crippen molar-refractivity contribution in [2.24, 2.45) is 0 Å². The molecule has 0 saturated carbocycles. The molecule has 8 heteroatoms. The lowest BCUT2D eigenvalue weighted by atomic mass is 10.2. The van der Waals surface area contributed by atoms with Crippen LogP contribution in [0, 0.1) is 6.92 Å². The maximum absolute atomic E-state index is 12.2. The molecule has 0 unspecified atom stereocenters. The van der Waals surface area contributed by atoms with Gasteiger partial charge in [-0.2, -0.15) is 5.10 Å². The van der Waals surface area contributed by atoms with Gasteiger partial charge in [-0.25, -0.2) is 8.42 Å². The average Bonchev–Trinajstić information content (AvgIpc) is 2.90. The second kappa shape index (κ2) is 6.46. The van der Waals surface area contributed by atoms with Gasteiger partial charge in [-0.3, -0.25) is 9.40 Å². The highest BCUT2D eigenvalue weighted by Crippen LogP contribution is 2.22. The number of aliphatic hydroxyl groups excluding tert-OH is 1. The minimum absolute atomic E-state index is 0.0298. The average molecular weight is 330 g/mol. The van der Waals surface area contributed by atoms with Gasteiger partial charge in [-0.05, 0) is 31.0 Å². The summed E-state index contributed by atoms with van der Waals surface area (Å²) in [7, 11) is -3.70. The van der Waals surface area contributed by atoms with Gasteiger partial charge < -0.3 is 5.11 Å². The molecule has 0 fully saturated rings. The molecular weight excluding hydrogens is 314 g/mol. The molecule has 21 heavy (non-hydrogen) atoms. The zero-order valence-electron chi connectivity index (χ0n) is 11.5. The number of nitrogens with zero attached hydrogens (tertiary/aromatic N) is 2. The predicted molar refractivity (Wildman–Crippen MR) is 80.9 cm³/mol. The number of halogens is 1. The van der Waals surface area contributed by atoms with Crippen LogP contribution in [0.25, 0.3) is 0 Å². The number of sulfonamides is 1. The SMILES string of the molecule is Cc1ccc(NS(=O)(=O)c2cnn(CCCO)c2)cc1Cl. The number of hydrogen-bond donors (Lipinski definition) is 2. The number of aromatic nitrogens is 2.